The first-order chi connectivity index (χ1) is 7.77. The molecule has 2 rings (SSSR count). The maximum Gasteiger partial charge on any atom is 0.331 e. The van der Waals surface area contributed by atoms with Gasteiger partial charge in [-0.1, -0.05) is 19.3 Å². The SMILES string of the molecule is COC(=O)C1(Nc2nccs2)CCCCC1. The minimum Gasteiger partial charge on any atom is -0.467 e. The topological polar surface area (TPSA) is 51.2 Å². The van der Waals surface area contributed by atoms with Crippen molar-refractivity contribution < 1.29 is 9.53 Å². The molecule has 88 valence electrons. The summed E-state index contributed by atoms with van der Waals surface area (Å²) in [6.45, 7) is 0. The maximum atomic E-state index is 11.9. The lowest BCUT2D eigenvalue weighted by Crippen LogP contribution is -2.48. The second-order valence-electron chi connectivity index (χ2n) is 4.10. The van der Waals surface area contributed by atoms with Gasteiger partial charge in [-0.15, -0.1) is 11.3 Å². The molecule has 4 nitrogen and oxygen atoms in total. The van der Waals surface area contributed by atoms with Gasteiger partial charge < -0.3 is 10.1 Å². The van der Waals surface area contributed by atoms with E-state index in [0.717, 1.165) is 30.8 Å². The van der Waals surface area contributed by atoms with Crippen molar-refractivity contribution in [2.45, 2.75) is 37.6 Å². The third-order valence-electron chi connectivity index (χ3n) is 3.06. The van der Waals surface area contributed by atoms with Crippen LogP contribution in [0.1, 0.15) is 32.1 Å². The number of nitrogens with zero attached hydrogens (tertiary/aromatic N) is 1. The highest BCUT2D eigenvalue weighted by atomic mass is 32.1. The number of esters is 1. The minimum absolute atomic E-state index is 0.164. The molecule has 0 amide bonds. The molecule has 0 aliphatic heterocycles. The van der Waals surface area contributed by atoms with Crippen LogP contribution in [0.2, 0.25) is 0 Å². The lowest BCUT2D eigenvalue weighted by atomic mass is 9.82. The summed E-state index contributed by atoms with van der Waals surface area (Å²) in [5.41, 5.74) is -0.551. The normalized spacial score (nSPS) is 19.1. The number of anilines is 1. The van der Waals surface area contributed by atoms with E-state index >= 15 is 0 Å². The summed E-state index contributed by atoms with van der Waals surface area (Å²) in [6, 6.07) is 0. The van der Waals surface area contributed by atoms with Crippen molar-refractivity contribution in [1.82, 2.24) is 4.98 Å². The Balaban J connectivity index is 2.16. The molecule has 1 aromatic rings. The Morgan fingerprint density at radius 2 is 2.25 bits per heavy atom. The summed E-state index contributed by atoms with van der Waals surface area (Å²) in [6.07, 6.45) is 6.72. The molecule has 1 N–H and O–H groups in total. The van der Waals surface area contributed by atoms with E-state index in [0.29, 0.717) is 0 Å². The average molecular weight is 240 g/mol. The lowest BCUT2D eigenvalue weighted by Gasteiger charge is -2.35. The number of hydrogen-bond donors (Lipinski definition) is 1. The Morgan fingerprint density at radius 3 is 2.81 bits per heavy atom. The van der Waals surface area contributed by atoms with Gasteiger partial charge in [-0.05, 0) is 12.8 Å². The van der Waals surface area contributed by atoms with Gasteiger partial charge in [0.2, 0.25) is 0 Å². The largest absolute Gasteiger partial charge is 0.467 e. The number of carbonyl (C=O) groups excluding carboxylic acids is 1. The van der Waals surface area contributed by atoms with Crippen molar-refractivity contribution >= 4 is 22.4 Å². The predicted molar refractivity (Wildman–Crippen MR) is 63.6 cm³/mol. The van der Waals surface area contributed by atoms with Crippen LogP contribution in [0.4, 0.5) is 5.13 Å². The van der Waals surface area contributed by atoms with Crippen LogP contribution in [0.3, 0.4) is 0 Å². The van der Waals surface area contributed by atoms with Crippen LogP contribution in [0.25, 0.3) is 0 Å². The summed E-state index contributed by atoms with van der Waals surface area (Å²) in [5.74, 6) is -0.164. The number of ether oxygens (including phenoxy) is 1. The summed E-state index contributed by atoms with van der Waals surface area (Å²) in [7, 11) is 1.45. The summed E-state index contributed by atoms with van der Waals surface area (Å²) < 4.78 is 4.92. The van der Waals surface area contributed by atoms with Crippen molar-refractivity contribution in [3.63, 3.8) is 0 Å². The summed E-state index contributed by atoms with van der Waals surface area (Å²) >= 11 is 1.51. The maximum absolute atomic E-state index is 11.9. The molecule has 16 heavy (non-hydrogen) atoms. The van der Waals surface area contributed by atoms with Crippen LogP contribution < -0.4 is 5.32 Å². The fourth-order valence-corrected chi connectivity index (χ4v) is 2.85. The van der Waals surface area contributed by atoms with E-state index in [9.17, 15) is 4.79 Å². The van der Waals surface area contributed by atoms with E-state index in [1.807, 2.05) is 5.38 Å². The number of thiazole rings is 1. The fourth-order valence-electron chi connectivity index (χ4n) is 2.22. The van der Waals surface area contributed by atoms with Gasteiger partial charge in [0.1, 0.15) is 5.54 Å². The van der Waals surface area contributed by atoms with Crippen molar-refractivity contribution in [1.29, 1.82) is 0 Å². The molecule has 5 heteroatoms. The zero-order chi connectivity index (χ0) is 11.4. The smallest absolute Gasteiger partial charge is 0.331 e. The minimum atomic E-state index is -0.551. The number of carbonyl (C=O) groups is 1. The van der Waals surface area contributed by atoms with Crippen molar-refractivity contribution in [3.05, 3.63) is 11.6 Å². The zero-order valence-electron chi connectivity index (χ0n) is 9.36. The van der Waals surface area contributed by atoms with E-state index in [-0.39, 0.29) is 5.97 Å². The standard InChI is InChI=1S/C11H16N2O2S/c1-15-9(14)11(5-3-2-4-6-11)13-10-12-7-8-16-10/h7-8H,2-6H2,1H3,(H,12,13). The lowest BCUT2D eigenvalue weighted by molar-refractivity contribution is -0.147. The van der Waals surface area contributed by atoms with Crippen molar-refractivity contribution in [3.8, 4) is 0 Å². The first kappa shape index (κ1) is 11.4. The molecule has 0 aromatic carbocycles. The quantitative estimate of drug-likeness (QED) is 0.824. The van der Waals surface area contributed by atoms with Gasteiger partial charge in [0.05, 0.1) is 7.11 Å². The van der Waals surface area contributed by atoms with Gasteiger partial charge in [0.15, 0.2) is 5.13 Å². The van der Waals surface area contributed by atoms with Gasteiger partial charge in [-0.3, -0.25) is 0 Å². The molecule has 1 aliphatic rings. The molecule has 1 heterocycles. The van der Waals surface area contributed by atoms with Crippen molar-refractivity contribution in [2.75, 3.05) is 12.4 Å². The Labute approximate surface area is 99.0 Å². The van der Waals surface area contributed by atoms with E-state index < -0.39 is 5.54 Å². The van der Waals surface area contributed by atoms with Crippen LogP contribution in [-0.4, -0.2) is 23.6 Å². The van der Waals surface area contributed by atoms with Crippen LogP contribution in [0.5, 0.6) is 0 Å². The Morgan fingerprint density at radius 1 is 1.50 bits per heavy atom. The first-order valence-corrected chi connectivity index (χ1v) is 6.41. The molecular formula is C11H16N2O2S. The molecule has 0 saturated heterocycles. The number of aromatic nitrogens is 1. The van der Waals surface area contributed by atoms with Gasteiger partial charge in [0.25, 0.3) is 0 Å². The highest BCUT2D eigenvalue weighted by Gasteiger charge is 2.41. The third kappa shape index (κ3) is 2.19. The molecule has 1 aromatic heterocycles. The van der Waals surface area contributed by atoms with E-state index in [2.05, 4.69) is 10.3 Å². The Hall–Kier alpha value is -1.10. The number of hydrogen-bond acceptors (Lipinski definition) is 5. The monoisotopic (exact) mass is 240 g/mol. The Kier molecular flexibility index (Phi) is 3.43. The molecule has 0 bridgehead atoms. The van der Waals surface area contributed by atoms with E-state index in [4.69, 9.17) is 4.74 Å². The van der Waals surface area contributed by atoms with Gasteiger partial charge in [0, 0.05) is 11.6 Å². The molecule has 0 unspecified atom stereocenters. The molecule has 1 aliphatic carbocycles. The highest BCUT2D eigenvalue weighted by Crippen LogP contribution is 2.33. The van der Waals surface area contributed by atoms with E-state index in [1.165, 1.54) is 24.9 Å². The highest BCUT2D eigenvalue weighted by molar-refractivity contribution is 7.13. The van der Waals surface area contributed by atoms with Gasteiger partial charge in [-0.25, -0.2) is 9.78 Å². The number of methoxy groups -OCH3 is 1. The fraction of sp³-hybridized carbons (Fsp3) is 0.636. The molecule has 0 spiro atoms. The predicted octanol–water partition coefficient (Wildman–Crippen LogP) is 2.43. The van der Waals surface area contributed by atoms with Gasteiger partial charge >= 0.3 is 5.97 Å². The Bertz CT molecular complexity index is 345. The van der Waals surface area contributed by atoms with Gasteiger partial charge in [-0.2, -0.15) is 0 Å². The average Bonchev–Trinajstić information content (AvgIpc) is 2.82. The number of nitrogens with one attached hydrogen (secondary N) is 1. The molecule has 1 fully saturated rings. The summed E-state index contributed by atoms with van der Waals surface area (Å²) in [5, 5.41) is 5.96. The second-order valence-corrected chi connectivity index (χ2v) is 4.99. The molecule has 1 saturated carbocycles. The van der Waals surface area contributed by atoms with Crippen LogP contribution in [0, 0.1) is 0 Å². The third-order valence-corrected chi connectivity index (χ3v) is 3.75. The van der Waals surface area contributed by atoms with Crippen LogP contribution in [0.15, 0.2) is 11.6 Å². The molecular weight excluding hydrogens is 224 g/mol. The van der Waals surface area contributed by atoms with E-state index in [1.54, 1.807) is 6.20 Å². The van der Waals surface area contributed by atoms with Crippen molar-refractivity contribution in [2.24, 2.45) is 0 Å². The van der Waals surface area contributed by atoms with Crippen LogP contribution in [-0.2, 0) is 9.53 Å². The number of rotatable bonds is 3. The zero-order valence-corrected chi connectivity index (χ0v) is 10.2. The summed E-state index contributed by atoms with van der Waals surface area (Å²) in [4.78, 5) is 16.1. The molecule has 0 atom stereocenters. The second kappa shape index (κ2) is 4.82. The van der Waals surface area contributed by atoms with Crippen LogP contribution >= 0.6 is 11.3 Å². The molecule has 0 radical (unpaired) electrons. The first-order valence-electron chi connectivity index (χ1n) is 5.53.